The highest BCUT2D eigenvalue weighted by atomic mass is 16.6. The molecule has 0 amide bonds. The van der Waals surface area contributed by atoms with E-state index in [0.717, 1.165) is 11.1 Å². The smallest absolute Gasteiger partial charge is 0.344 e. The Hall–Kier alpha value is -3.08. The lowest BCUT2D eigenvalue weighted by atomic mass is 9.86. The number of Topliss-reactive ketones (excluding diaryl/α,β-unsaturated/α-hetero) is 1. The molecule has 5 nitrogen and oxygen atoms in total. The fourth-order valence-corrected chi connectivity index (χ4v) is 3.23. The van der Waals surface area contributed by atoms with Crippen molar-refractivity contribution in [1.82, 2.24) is 0 Å². The van der Waals surface area contributed by atoms with E-state index in [4.69, 9.17) is 14.2 Å². The van der Waals surface area contributed by atoms with Gasteiger partial charge in [-0.25, -0.2) is 4.79 Å². The number of hydrogen-bond donors (Lipinski definition) is 0. The van der Waals surface area contributed by atoms with Gasteiger partial charge in [-0.15, -0.1) is 0 Å². The van der Waals surface area contributed by atoms with E-state index in [2.05, 4.69) is 32.9 Å². The minimum Gasteiger partial charge on any atom is -0.482 e. The Morgan fingerprint density at radius 3 is 2.40 bits per heavy atom. The summed E-state index contributed by atoms with van der Waals surface area (Å²) in [5, 5.41) is 0. The van der Waals surface area contributed by atoms with Crippen molar-refractivity contribution in [3.63, 3.8) is 0 Å². The Morgan fingerprint density at radius 2 is 1.80 bits per heavy atom. The molecule has 2 aromatic carbocycles. The van der Waals surface area contributed by atoms with Gasteiger partial charge in [-0.3, -0.25) is 4.79 Å². The van der Waals surface area contributed by atoms with Gasteiger partial charge in [-0.05, 0) is 55.0 Å². The summed E-state index contributed by atoms with van der Waals surface area (Å²) in [6.45, 7) is 11.7. The molecular formula is C25H28O5. The van der Waals surface area contributed by atoms with Crippen molar-refractivity contribution in [2.24, 2.45) is 0 Å². The molecule has 0 unspecified atom stereocenters. The molecule has 158 valence electrons. The number of esters is 1. The molecule has 1 heterocycles. The van der Waals surface area contributed by atoms with Gasteiger partial charge in [-0.1, -0.05) is 45.0 Å². The number of aryl methyl sites for hydroxylation is 1. The number of hydrogen-bond acceptors (Lipinski definition) is 5. The fourth-order valence-electron chi connectivity index (χ4n) is 3.23. The molecule has 1 aliphatic heterocycles. The maximum atomic E-state index is 12.8. The molecule has 0 radical (unpaired) electrons. The van der Waals surface area contributed by atoms with E-state index in [1.54, 1.807) is 32.1 Å². The fraction of sp³-hybridized carbons (Fsp3) is 0.360. The summed E-state index contributed by atoms with van der Waals surface area (Å²) >= 11 is 0. The quantitative estimate of drug-likeness (QED) is 0.500. The average molecular weight is 408 g/mol. The van der Waals surface area contributed by atoms with E-state index in [1.165, 1.54) is 5.56 Å². The Labute approximate surface area is 177 Å². The van der Waals surface area contributed by atoms with E-state index in [9.17, 15) is 9.59 Å². The lowest BCUT2D eigenvalue weighted by Gasteiger charge is -2.18. The predicted molar refractivity (Wildman–Crippen MR) is 116 cm³/mol. The summed E-state index contributed by atoms with van der Waals surface area (Å²) in [4.78, 5) is 24.5. The first-order valence-electron chi connectivity index (χ1n) is 10.1. The normalized spacial score (nSPS) is 14.6. The molecule has 3 rings (SSSR count). The third kappa shape index (κ3) is 4.90. The van der Waals surface area contributed by atoms with Crippen LogP contribution in [0, 0.1) is 6.92 Å². The summed E-state index contributed by atoms with van der Waals surface area (Å²) in [5.41, 5.74) is 3.43. The maximum absolute atomic E-state index is 12.8. The molecule has 0 aromatic heterocycles. The van der Waals surface area contributed by atoms with E-state index in [1.807, 2.05) is 19.1 Å². The molecule has 0 N–H and O–H groups in total. The van der Waals surface area contributed by atoms with Crippen molar-refractivity contribution in [2.75, 3.05) is 6.61 Å². The zero-order valence-electron chi connectivity index (χ0n) is 18.4. The van der Waals surface area contributed by atoms with Gasteiger partial charge in [-0.2, -0.15) is 0 Å². The number of allylic oxidation sites excluding steroid dienone is 1. The van der Waals surface area contributed by atoms with Crippen LogP contribution in [-0.4, -0.2) is 24.5 Å². The molecule has 5 heteroatoms. The van der Waals surface area contributed by atoms with Crippen LogP contribution in [0.3, 0.4) is 0 Å². The molecule has 1 aliphatic rings. The Morgan fingerprint density at radius 1 is 1.13 bits per heavy atom. The number of benzene rings is 2. The number of fused-ring (bicyclic) bond motifs is 1. The van der Waals surface area contributed by atoms with E-state index in [-0.39, 0.29) is 29.7 Å². The van der Waals surface area contributed by atoms with Gasteiger partial charge in [0, 0.05) is 6.07 Å². The summed E-state index contributed by atoms with van der Waals surface area (Å²) in [7, 11) is 0. The topological polar surface area (TPSA) is 61.8 Å². The molecule has 0 atom stereocenters. The standard InChI is InChI=1S/C25H28O5/c1-15(2)29-22(26)14-28-19-11-16(3)23-20(13-19)30-21(24(23)27)12-17-7-9-18(10-8-17)25(4,5)6/h7-13,15H,14H2,1-6H3/b21-12-. The largest absolute Gasteiger partial charge is 0.482 e. The molecule has 0 bridgehead atoms. The van der Waals surface area contributed by atoms with Crippen LogP contribution in [0.2, 0.25) is 0 Å². The lowest BCUT2D eigenvalue weighted by Crippen LogP contribution is -2.18. The summed E-state index contributed by atoms with van der Waals surface area (Å²) in [5.74, 6) is 0.556. The molecule has 0 saturated carbocycles. The molecule has 30 heavy (non-hydrogen) atoms. The van der Waals surface area contributed by atoms with Crippen LogP contribution in [0.15, 0.2) is 42.2 Å². The summed E-state index contributed by atoms with van der Waals surface area (Å²) < 4.78 is 16.4. The number of rotatable bonds is 5. The van der Waals surface area contributed by atoms with Crippen molar-refractivity contribution < 1.29 is 23.8 Å². The third-order valence-electron chi connectivity index (χ3n) is 4.74. The van der Waals surface area contributed by atoms with E-state index < -0.39 is 5.97 Å². The summed E-state index contributed by atoms with van der Waals surface area (Å²) in [6.07, 6.45) is 1.54. The first-order chi connectivity index (χ1) is 14.0. The second-order valence-electron chi connectivity index (χ2n) is 8.75. The minimum atomic E-state index is -0.445. The Kier molecular flexibility index (Phi) is 6.01. The average Bonchev–Trinajstić information content (AvgIpc) is 2.95. The zero-order chi connectivity index (χ0) is 22.1. The lowest BCUT2D eigenvalue weighted by molar-refractivity contribution is -0.149. The first kappa shape index (κ1) is 21.6. The zero-order valence-corrected chi connectivity index (χ0v) is 18.4. The van der Waals surface area contributed by atoms with Crippen LogP contribution in [0.4, 0.5) is 0 Å². The maximum Gasteiger partial charge on any atom is 0.344 e. The van der Waals surface area contributed by atoms with Crippen LogP contribution in [0.5, 0.6) is 11.5 Å². The molecule has 0 spiro atoms. The van der Waals surface area contributed by atoms with Crippen molar-refractivity contribution in [3.8, 4) is 11.5 Å². The van der Waals surface area contributed by atoms with E-state index in [0.29, 0.717) is 17.1 Å². The number of ketones is 1. The van der Waals surface area contributed by atoms with Crippen molar-refractivity contribution in [1.29, 1.82) is 0 Å². The van der Waals surface area contributed by atoms with Crippen LogP contribution in [0.25, 0.3) is 6.08 Å². The highest BCUT2D eigenvalue weighted by molar-refractivity contribution is 6.15. The van der Waals surface area contributed by atoms with E-state index >= 15 is 0 Å². The number of carbonyl (C=O) groups is 2. The Bertz CT molecular complexity index is 991. The number of carbonyl (C=O) groups excluding carboxylic acids is 2. The molecular weight excluding hydrogens is 380 g/mol. The SMILES string of the molecule is Cc1cc(OCC(=O)OC(C)C)cc2c1C(=O)/C(=C/c1ccc(C(C)(C)C)cc1)O2. The highest BCUT2D eigenvalue weighted by Crippen LogP contribution is 2.37. The van der Waals surface area contributed by atoms with Gasteiger partial charge in [0.2, 0.25) is 5.78 Å². The van der Waals surface area contributed by atoms with Crippen molar-refractivity contribution in [3.05, 3.63) is 64.4 Å². The molecule has 0 fully saturated rings. The minimum absolute atomic E-state index is 0.0662. The third-order valence-corrected chi connectivity index (χ3v) is 4.74. The summed E-state index contributed by atoms with van der Waals surface area (Å²) in [6, 6.07) is 11.4. The molecule has 0 aliphatic carbocycles. The monoisotopic (exact) mass is 408 g/mol. The van der Waals surface area contributed by atoms with Gasteiger partial charge < -0.3 is 14.2 Å². The molecule has 2 aromatic rings. The molecule has 0 saturated heterocycles. The second kappa shape index (κ2) is 8.34. The van der Waals surface area contributed by atoms with Gasteiger partial charge in [0.1, 0.15) is 11.5 Å². The number of ether oxygens (including phenoxy) is 3. The van der Waals surface area contributed by atoms with Gasteiger partial charge >= 0.3 is 5.97 Å². The van der Waals surface area contributed by atoms with Gasteiger partial charge in [0.15, 0.2) is 12.4 Å². The highest BCUT2D eigenvalue weighted by Gasteiger charge is 2.30. The second-order valence-corrected chi connectivity index (χ2v) is 8.75. The Balaban J connectivity index is 1.78. The van der Waals surface area contributed by atoms with Crippen LogP contribution >= 0.6 is 0 Å². The van der Waals surface area contributed by atoms with Gasteiger partial charge in [0.25, 0.3) is 0 Å². The van der Waals surface area contributed by atoms with Crippen LogP contribution in [-0.2, 0) is 14.9 Å². The van der Waals surface area contributed by atoms with Crippen LogP contribution < -0.4 is 9.47 Å². The first-order valence-corrected chi connectivity index (χ1v) is 10.1. The van der Waals surface area contributed by atoms with Crippen molar-refractivity contribution in [2.45, 2.75) is 53.1 Å². The van der Waals surface area contributed by atoms with Gasteiger partial charge in [0.05, 0.1) is 11.7 Å². The van der Waals surface area contributed by atoms with Crippen molar-refractivity contribution >= 4 is 17.8 Å². The van der Waals surface area contributed by atoms with Crippen LogP contribution in [0.1, 0.15) is 61.7 Å². The predicted octanol–water partition coefficient (Wildman–Crippen LogP) is 5.24.